The number of halogens is 1. The molecule has 0 aliphatic carbocycles. The first-order valence-electron chi connectivity index (χ1n) is 9.87. The Hall–Kier alpha value is -3.66. The van der Waals surface area contributed by atoms with Gasteiger partial charge in [-0.15, -0.1) is 0 Å². The maximum atomic E-state index is 13.7. The third-order valence-electron chi connectivity index (χ3n) is 4.84. The van der Waals surface area contributed by atoms with Crippen LogP contribution < -0.4 is 9.70 Å². The Morgan fingerprint density at radius 3 is 2.59 bits per heavy atom. The van der Waals surface area contributed by atoms with Crippen molar-refractivity contribution >= 4 is 50.9 Å². The number of aromatic nitrogens is 1. The number of esters is 1. The number of nitrogens with zero attached hydrogens (tertiary/aromatic N) is 3. The molecule has 32 heavy (non-hydrogen) atoms. The van der Waals surface area contributed by atoms with Crippen LogP contribution in [0.15, 0.2) is 47.5 Å². The highest BCUT2D eigenvalue weighted by atomic mass is 32.1. The highest BCUT2D eigenvalue weighted by Crippen LogP contribution is 2.24. The van der Waals surface area contributed by atoms with Crippen molar-refractivity contribution < 1.29 is 28.3 Å². The van der Waals surface area contributed by atoms with Gasteiger partial charge in [0, 0.05) is 18.4 Å². The molecule has 0 atom stereocenters. The molecule has 8 nitrogen and oxygen atoms in total. The van der Waals surface area contributed by atoms with E-state index in [4.69, 9.17) is 4.74 Å². The summed E-state index contributed by atoms with van der Waals surface area (Å²) in [7, 11) is 0. The Kier molecular flexibility index (Phi) is 5.95. The van der Waals surface area contributed by atoms with Crippen molar-refractivity contribution in [2.75, 3.05) is 11.5 Å². The molecule has 3 aromatic rings. The molecule has 2 heterocycles. The van der Waals surface area contributed by atoms with Gasteiger partial charge >= 0.3 is 5.97 Å². The van der Waals surface area contributed by atoms with Crippen molar-refractivity contribution in [2.45, 2.75) is 26.3 Å². The van der Waals surface area contributed by atoms with Gasteiger partial charge in [0.15, 0.2) is 4.80 Å². The van der Waals surface area contributed by atoms with Gasteiger partial charge in [0.05, 0.1) is 22.5 Å². The van der Waals surface area contributed by atoms with Crippen LogP contribution in [0.25, 0.3) is 10.2 Å². The third-order valence-corrected chi connectivity index (χ3v) is 5.88. The Morgan fingerprint density at radius 2 is 1.88 bits per heavy atom. The van der Waals surface area contributed by atoms with Gasteiger partial charge in [0.25, 0.3) is 5.91 Å². The first kappa shape index (κ1) is 21.6. The van der Waals surface area contributed by atoms with Crippen molar-refractivity contribution in [1.82, 2.24) is 4.57 Å². The van der Waals surface area contributed by atoms with Crippen LogP contribution in [0.4, 0.5) is 10.1 Å². The average molecular weight is 455 g/mol. The van der Waals surface area contributed by atoms with Crippen LogP contribution in [0.3, 0.4) is 0 Å². The van der Waals surface area contributed by atoms with Crippen LogP contribution in [0.5, 0.6) is 0 Å². The fourth-order valence-corrected chi connectivity index (χ4v) is 4.47. The standard InChI is InChI=1S/C22H18FN3O5S/c1-2-31-20(29)12-25-16-7-6-14(23)11-17(16)32-22(25)24-21(30)13-4-3-5-15(10-13)26-18(27)8-9-19(26)28/h3-7,10-11H,2,8-9,12H2,1H3. The highest BCUT2D eigenvalue weighted by molar-refractivity contribution is 7.16. The summed E-state index contributed by atoms with van der Waals surface area (Å²) in [6.45, 7) is 1.69. The summed E-state index contributed by atoms with van der Waals surface area (Å²) in [5, 5.41) is 0. The molecule has 0 unspecified atom stereocenters. The third kappa shape index (κ3) is 4.22. The molecule has 4 rings (SSSR count). The number of carbonyl (C=O) groups excluding carboxylic acids is 4. The number of fused-ring (bicyclic) bond motifs is 1. The van der Waals surface area contributed by atoms with Crippen molar-refractivity contribution in [3.8, 4) is 0 Å². The van der Waals surface area contributed by atoms with Gasteiger partial charge in [-0.3, -0.25) is 24.1 Å². The van der Waals surface area contributed by atoms with Gasteiger partial charge in [0.1, 0.15) is 12.4 Å². The first-order chi connectivity index (χ1) is 15.4. The zero-order valence-corrected chi connectivity index (χ0v) is 17.9. The highest BCUT2D eigenvalue weighted by Gasteiger charge is 2.30. The number of benzene rings is 2. The van der Waals surface area contributed by atoms with Crippen molar-refractivity contribution in [3.63, 3.8) is 0 Å². The van der Waals surface area contributed by atoms with Crippen LogP contribution in [0, 0.1) is 5.82 Å². The molecule has 1 fully saturated rings. The Balaban J connectivity index is 1.75. The molecule has 0 N–H and O–H groups in total. The molecule has 164 valence electrons. The Morgan fingerprint density at radius 1 is 1.12 bits per heavy atom. The summed E-state index contributed by atoms with van der Waals surface area (Å²) in [5.74, 6) is -2.24. The van der Waals surface area contributed by atoms with Crippen molar-refractivity contribution in [2.24, 2.45) is 4.99 Å². The molecule has 1 aliphatic rings. The molecular formula is C22H18FN3O5S. The lowest BCUT2D eigenvalue weighted by atomic mass is 10.2. The number of thiazole rings is 1. The number of carbonyl (C=O) groups is 4. The van der Waals surface area contributed by atoms with Crippen LogP contribution in [-0.4, -0.2) is 34.9 Å². The van der Waals surface area contributed by atoms with Gasteiger partial charge in [-0.1, -0.05) is 17.4 Å². The van der Waals surface area contributed by atoms with E-state index >= 15 is 0 Å². The van der Waals surface area contributed by atoms with E-state index in [-0.39, 0.29) is 48.2 Å². The van der Waals surface area contributed by atoms with E-state index < -0.39 is 17.7 Å². The number of hydrogen-bond donors (Lipinski definition) is 0. The molecule has 1 aromatic heterocycles. The van der Waals surface area contributed by atoms with E-state index in [2.05, 4.69) is 4.99 Å². The lowest BCUT2D eigenvalue weighted by Crippen LogP contribution is -2.28. The van der Waals surface area contributed by atoms with Gasteiger partial charge in [-0.2, -0.15) is 4.99 Å². The molecule has 0 bridgehead atoms. The molecule has 0 spiro atoms. The molecule has 0 saturated carbocycles. The molecule has 3 amide bonds. The summed E-state index contributed by atoms with van der Waals surface area (Å²) in [6.07, 6.45) is 0.265. The number of anilines is 1. The van der Waals surface area contributed by atoms with E-state index in [0.717, 1.165) is 16.2 Å². The number of amides is 3. The van der Waals surface area contributed by atoms with Crippen molar-refractivity contribution in [1.29, 1.82) is 0 Å². The number of rotatable bonds is 5. The van der Waals surface area contributed by atoms with Crippen LogP contribution >= 0.6 is 11.3 Å². The molecular weight excluding hydrogens is 437 g/mol. The van der Waals surface area contributed by atoms with Gasteiger partial charge < -0.3 is 9.30 Å². The van der Waals surface area contributed by atoms with E-state index in [0.29, 0.717) is 15.9 Å². The number of imide groups is 1. The van der Waals surface area contributed by atoms with Crippen molar-refractivity contribution in [3.05, 3.63) is 58.6 Å². The fourth-order valence-electron chi connectivity index (χ4n) is 3.41. The normalized spacial score (nSPS) is 14.4. The van der Waals surface area contributed by atoms with Gasteiger partial charge in [0.2, 0.25) is 11.8 Å². The van der Waals surface area contributed by atoms with E-state index in [1.165, 1.54) is 34.9 Å². The maximum Gasteiger partial charge on any atom is 0.326 e. The quantitative estimate of drug-likeness (QED) is 0.435. The summed E-state index contributed by atoms with van der Waals surface area (Å²) in [5.41, 5.74) is 1.01. The molecule has 1 aliphatic heterocycles. The second kappa shape index (κ2) is 8.83. The minimum absolute atomic E-state index is 0.133. The molecule has 0 radical (unpaired) electrons. The second-order valence-electron chi connectivity index (χ2n) is 6.98. The van der Waals surface area contributed by atoms with Crippen LogP contribution in [0.2, 0.25) is 0 Å². The largest absolute Gasteiger partial charge is 0.465 e. The summed E-state index contributed by atoms with van der Waals surface area (Å²) in [6, 6.07) is 10.1. The predicted octanol–water partition coefficient (Wildman–Crippen LogP) is 2.80. The fraction of sp³-hybridized carbons (Fsp3) is 0.227. The predicted molar refractivity (Wildman–Crippen MR) is 114 cm³/mol. The molecule has 1 saturated heterocycles. The first-order valence-corrected chi connectivity index (χ1v) is 10.7. The van der Waals surface area contributed by atoms with Crippen LogP contribution in [-0.2, 0) is 25.7 Å². The number of ether oxygens (including phenoxy) is 1. The number of hydrogen-bond acceptors (Lipinski definition) is 6. The zero-order chi connectivity index (χ0) is 22.8. The van der Waals surface area contributed by atoms with E-state index in [1.54, 1.807) is 19.1 Å². The minimum Gasteiger partial charge on any atom is -0.465 e. The monoisotopic (exact) mass is 455 g/mol. The second-order valence-corrected chi connectivity index (χ2v) is 7.99. The van der Waals surface area contributed by atoms with Gasteiger partial charge in [-0.05, 0) is 43.3 Å². The van der Waals surface area contributed by atoms with Crippen LogP contribution in [0.1, 0.15) is 30.1 Å². The Labute approximate surface area is 185 Å². The van der Waals surface area contributed by atoms with E-state index in [1.807, 2.05) is 0 Å². The molecule has 10 heteroatoms. The zero-order valence-electron chi connectivity index (χ0n) is 17.0. The average Bonchev–Trinajstić information content (AvgIpc) is 3.26. The lowest BCUT2D eigenvalue weighted by molar-refractivity contribution is -0.143. The summed E-state index contributed by atoms with van der Waals surface area (Å²) in [4.78, 5) is 54.4. The van der Waals surface area contributed by atoms with E-state index in [9.17, 15) is 23.6 Å². The lowest BCUT2D eigenvalue weighted by Gasteiger charge is -2.14. The maximum absolute atomic E-state index is 13.7. The SMILES string of the molecule is CCOC(=O)Cn1c(=NC(=O)c2cccc(N3C(=O)CCC3=O)c2)sc2cc(F)ccc21. The topological polar surface area (TPSA) is 98.0 Å². The van der Waals surface area contributed by atoms with Gasteiger partial charge in [-0.25, -0.2) is 4.39 Å². The molecule has 2 aromatic carbocycles. The summed E-state index contributed by atoms with van der Waals surface area (Å²) < 4.78 is 20.7. The Bertz CT molecular complexity index is 1310. The minimum atomic E-state index is -0.629. The summed E-state index contributed by atoms with van der Waals surface area (Å²) >= 11 is 1.06. The smallest absolute Gasteiger partial charge is 0.326 e.